The summed E-state index contributed by atoms with van der Waals surface area (Å²) < 4.78 is 32.1. The van der Waals surface area contributed by atoms with Gasteiger partial charge in [-0.25, -0.2) is 12.7 Å². The molecule has 0 amide bonds. The summed E-state index contributed by atoms with van der Waals surface area (Å²) in [5, 5.41) is 0. The van der Waals surface area contributed by atoms with Crippen molar-refractivity contribution in [1.29, 1.82) is 0 Å². The summed E-state index contributed by atoms with van der Waals surface area (Å²) in [6, 6.07) is 0.648. The molecule has 0 aromatic rings. The zero-order valence-corrected chi connectivity index (χ0v) is 15.9. The van der Waals surface area contributed by atoms with E-state index in [0.717, 1.165) is 19.4 Å². The molecule has 5 nitrogen and oxygen atoms in total. The quantitative estimate of drug-likeness (QED) is 0.710. The zero-order valence-electron chi connectivity index (χ0n) is 15.0. The Morgan fingerprint density at radius 2 is 1.91 bits per heavy atom. The second-order valence-electron chi connectivity index (χ2n) is 7.44. The van der Waals surface area contributed by atoms with Gasteiger partial charge in [0.15, 0.2) is 0 Å². The molecule has 2 atom stereocenters. The molecule has 2 fully saturated rings. The van der Waals surface area contributed by atoms with Gasteiger partial charge in [-0.1, -0.05) is 6.42 Å². The van der Waals surface area contributed by atoms with Gasteiger partial charge in [0.1, 0.15) is 0 Å². The van der Waals surface area contributed by atoms with Crippen molar-refractivity contribution >= 4 is 10.0 Å². The van der Waals surface area contributed by atoms with Gasteiger partial charge < -0.3 is 9.64 Å². The zero-order chi connectivity index (χ0) is 16.9. The van der Waals surface area contributed by atoms with E-state index in [-0.39, 0.29) is 11.9 Å². The summed E-state index contributed by atoms with van der Waals surface area (Å²) in [4.78, 5) is 2.56. The van der Waals surface area contributed by atoms with E-state index >= 15 is 0 Å². The molecule has 0 saturated carbocycles. The highest BCUT2D eigenvalue weighted by Crippen LogP contribution is 2.24. The van der Waals surface area contributed by atoms with Crippen molar-refractivity contribution in [1.82, 2.24) is 9.21 Å². The first-order valence-electron chi connectivity index (χ1n) is 9.22. The first kappa shape index (κ1) is 19.2. The standard InChI is InChI=1S/C17H34N2O3S/c1-15(2)22-11-12-23(20,21)19-10-6-8-17(14-19)13-18-9-5-4-7-16(18)3/h15-17H,4-14H2,1-3H3/t16-,17+/m0/s1. The second-order valence-corrected chi connectivity index (χ2v) is 9.53. The van der Waals surface area contributed by atoms with Gasteiger partial charge in [0.25, 0.3) is 0 Å². The summed E-state index contributed by atoms with van der Waals surface area (Å²) in [7, 11) is -3.18. The minimum atomic E-state index is -3.18. The fourth-order valence-electron chi connectivity index (χ4n) is 3.71. The lowest BCUT2D eigenvalue weighted by Crippen LogP contribution is -2.47. The van der Waals surface area contributed by atoms with Crippen LogP contribution in [0.1, 0.15) is 52.9 Å². The first-order chi connectivity index (χ1) is 10.9. The summed E-state index contributed by atoms with van der Waals surface area (Å²) >= 11 is 0. The lowest BCUT2D eigenvalue weighted by atomic mass is 9.96. The predicted octanol–water partition coefficient (Wildman–Crippen LogP) is 2.33. The molecule has 0 bridgehead atoms. The minimum Gasteiger partial charge on any atom is -0.378 e. The average molecular weight is 347 g/mol. The third kappa shape index (κ3) is 6.00. The lowest BCUT2D eigenvalue weighted by molar-refractivity contribution is 0.0898. The second kappa shape index (κ2) is 8.79. The van der Waals surface area contributed by atoms with Crippen LogP contribution < -0.4 is 0 Å². The van der Waals surface area contributed by atoms with E-state index in [1.165, 1.54) is 25.8 Å². The van der Waals surface area contributed by atoms with E-state index in [1.54, 1.807) is 4.31 Å². The molecule has 2 aliphatic heterocycles. The van der Waals surface area contributed by atoms with Crippen molar-refractivity contribution < 1.29 is 13.2 Å². The van der Waals surface area contributed by atoms with Gasteiger partial charge in [0, 0.05) is 25.7 Å². The van der Waals surface area contributed by atoms with Crippen LogP contribution in [0.2, 0.25) is 0 Å². The number of piperidine rings is 2. The van der Waals surface area contributed by atoms with E-state index in [1.807, 2.05) is 13.8 Å². The molecule has 0 aliphatic carbocycles. The van der Waals surface area contributed by atoms with E-state index in [2.05, 4.69) is 11.8 Å². The first-order valence-corrected chi connectivity index (χ1v) is 10.8. The number of hydrogen-bond acceptors (Lipinski definition) is 4. The Bertz CT molecular complexity index is 453. The maximum atomic E-state index is 12.5. The molecule has 2 aliphatic rings. The van der Waals surface area contributed by atoms with Crippen LogP contribution in [0.4, 0.5) is 0 Å². The Morgan fingerprint density at radius 3 is 2.61 bits per heavy atom. The molecule has 2 rings (SSSR count). The molecule has 2 heterocycles. The average Bonchev–Trinajstić information content (AvgIpc) is 2.49. The summed E-state index contributed by atoms with van der Waals surface area (Å²) in [5.74, 6) is 0.586. The van der Waals surface area contributed by atoms with Crippen molar-refractivity contribution in [3.05, 3.63) is 0 Å². The molecule has 0 aromatic heterocycles. The van der Waals surface area contributed by atoms with Crippen molar-refractivity contribution in [2.24, 2.45) is 5.92 Å². The molecular weight excluding hydrogens is 312 g/mol. The fourth-order valence-corrected chi connectivity index (χ4v) is 5.12. The van der Waals surface area contributed by atoms with Crippen LogP contribution in [0.25, 0.3) is 0 Å². The van der Waals surface area contributed by atoms with Crippen molar-refractivity contribution in [3.8, 4) is 0 Å². The topological polar surface area (TPSA) is 49.9 Å². The van der Waals surface area contributed by atoms with Gasteiger partial charge in [0.2, 0.25) is 10.0 Å². The number of ether oxygens (including phenoxy) is 1. The summed E-state index contributed by atoms with van der Waals surface area (Å²) in [5.41, 5.74) is 0. The monoisotopic (exact) mass is 346 g/mol. The molecule has 136 valence electrons. The number of likely N-dealkylation sites (tertiary alicyclic amines) is 1. The Balaban J connectivity index is 1.84. The van der Waals surface area contributed by atoms with Gasteiger partial charge in [-0.2, -0.15) is 0 Å². The third-order valence-electron chi connectivity index (χ3n) is 5.10. The largest absolute Gasteiger partial charge is 0.378 e. The normalized spacial score (nSPS) is 28.3. The molecule has 0 N–H and O–H groups in total. The van der Waals surface area contributed by atoms with E-state index in [0.29, 0.717) is 31.7 Å². The highest BCUT2D eigenvalue weighted by Gasteiger charge is 2.30. The van der Waals surface area contributed by atoms with Crippen LogP contribution in [-0.4, -0.2) is 68.3 Å². The molecule has 0 aromatic carbocycles. The highest BCUT2D eigenvalue weighted by atomic mass is 32.2. The molecule has 0 radical (unpaired) electrons. The molecule has 6 heteroatoms. The maximum Gasteiger partial charge on any atom is 0.216 e. The number of nitrogens with zero attached hydrogens (tertiary/aromatic N) is 2. The van der Waals surface area contributed by atoms with Gasteiger partial charge >= 0.3 is 0 Å². The van der Waals surface area contributed by atoms with Crippen LogP contribution in [0.15, 0.2) is 0 Å². The van der Waals surface area contributed by atoms with Crippen LogP contribution in [0, 0.1) is 5.92 Å². The van der Waals surface area contributed by atoms with Gasteiger partial charge in [-0.05, 0) is 58.9 Å². The smallest absolute Gasteiger partial charge is 0.216 e. The molecular formula is C17H34N2O3S. The SMILES string of the molecule is CC(C)OCCS(=O)(=O)N1CCC[C@H](CN2CCCC[C@@H]2C)C1. The Morgan fingerprint density at radius 1 is 1.13 bits per heavy atom. The van der Waals surface area contributed by atoms with Crippen molar-refractivity contribution in [2.45, 2.75) is 65.0 Å². The fraction of sp³-hybridized carbons (Fsp3) is 1.00. The van der Waals surface area contributed by atoms with Gasteiger partial charge in [-0.3, -0.25) is 0 Å². The van der Waals surface area contributed by atoms with Crippen molar-refractivity contribution in [2.75, 3.05) is 38.5 Å². The van der Waals surface area contributed by atoms with Crippen LogP contribution in [-0.2, 0) is 14.8 Å². The van der Waals surface area contributed by atoms with E-state index in [4.69, 9.17) is 4.74 Å². The highest BCUT2D eigenvalue weighted by molar-refractivity contribution is 7.89. The Hall–Kier alpha value is -0.170. The molecule has 2 saturated heterocycles. The number of rotatable bonds is 7. The lowest BCUT2D eigenvalue weighted by Gasteiger charge is -2.39. The van der Waals surface area contributed by atoms with E-state index < -0.39 is 10.0 Å². The minimum absolute atomic E-state index is 0.0832. The van der Waals surface area contributed by atoms with Crippen LogP contribution in [0.3, 0.4) is 0 Å². The number of sulfonamides is 1. The van der Waals surface area contributed by atoms with Crippen LogP contribution in [0.5, 0.6) is 0 Å². The third-order valence-corrected chi connectivity index (χ3v) is 6.90. The maximum absolute atomic E-state index is 12.5. The van der Waals surface area contributed by atoms with Gasteiger partial charge in [-0.15, -0.1) is 0 Å². The molecule has 0 spiro atoms. The number of hydrogen-bond donors (Lipinski definition) is 0. The Kier molecular flexibility index (Phi) is 7.32. The predicted molar refractivity (Wildman–Crippen MR) is 94.1 cm³/mol. The summed E-state index contributed by atoms with van der Waals surface area (Å²) in [6.45, 7) is 10.1. The molecule has 0 unspecified atom stereocenters. The van der Waals surface area contributed by atoms with Crippen LogP contribution >= 0.6 is 0 Å². The molecule has 23 heavy (non-hydrogen) atoms. The van der Waals surface area contributed by atoms with E-state index in [9.17, 15) is 8.42 Å². The Labute approximate surface area is 142 Å². The van der Waals surface area contributed by atoms with Crippen molar-refractivity contribution in [3.63, 3.8) is 0 Å². The van der Waals surface area contributed by atoms with Gasteiger partial charge in [0.05, 0.1) is 18.5 Å². The summed E-state index contributed by atoms with van der Waals surface area (Å²) in [6.07, 6.45) is 6.11.